The van der Waals surface area contributed by atoms with Gasteiger partial charge in [-0.2, -0.15) is 5.10 Å². The lowest BCUT2D eigenvalue weighted by Crippen LogP contribution is -2.59. The van der Waals surface area contributed by atoms with Gasteiger partial charge in [0, 0.05) is 32.1 Å². The van der Waals surface area contributed by atoms with E-state index in [-0.39, 0.29) is 23.1 Å². The minimum Gasteiger partial charge on any atom is -0.339 e. The van der Waals surface area contributed by atoms with Crippen LogP contribution in [0.4, 0.5) is 0 Å². The van der Waals surface area contributed by atoms with E-state index in [0.717, 1.165) is 23.1 Å². The predicted molar refractivity (Wildman–Crippen MR) is 122 cm³/mol. The molecular formula is C25H26N4O3. The van der Waals surface area contributed by atoms with Crippen molar-refractivity contribution in [1.82, 2.24) is 20.0 Å². The zero-order valence-electron chi connectivity index (χ0n) is 18.0. The SMILES string of the molecule is CCCN1CCN(C(=O)c2ccc(=O)[nH]n2)C(Cc2ccc(-c3ccccc3)cc2)C1=O. The lowest BCUT2D eigenvalue weighted by atomic mass is 9.98. The summed E-state index contributed by atoms with van der Waals surface area (Å²) in [5.41, 5.74) is 2.96. The minimum absolute atomic E-state index is 0.0528. The number of hydrogen-bond acceptors (Lipinski definition) is 4. The van der Waals surface area contributed by atoms with Gasteiger partial charge in [-0.3, -0.25) is 14.4 Å². The molecule has 164 valence electrons. The van der Waals surface area contributed by atoms with Crippen molar-refractivity contribution >= 4 is 11.8 Å². The Balaban J connectivity index is 1.58. The van der Waals surface area contributed by atoms with Crippen LogP contribution in [0.2, 0.25) is 0 Å². The first-order valence-corrected chi connectivity index (χ1v) is 10.9. The fraction of sp³-hybridized carbons (Fsp3) is 0.280. The summed E-state index contributed by atoms with van der Waals surface area (Å²) >= 11 is 0. The number of amides is 2. The molecule has 0 saturated carbocycles. The van der Waals surface area contributed by atoms with Crippen molar-refractivity contribution < 1.29 is 9.59 Å². The third-order valence-electron chi connectivity index (χ3n) is 5.73. The molecule has 7 nitrogen and oxygen atoms in total. The molecule has 3 aromatic rings. The number of aromatic nitrogens is 2. The highest BCUT2D eigenvalue weighted by Crippen LogP contribution is 2.22. The average molecular weight is 431 g/mol. The average Bonchev–Trinajstić information content (AvgIpc) is 2.83. The lowest BCUT2D eigenvalue weighted by molar-refractivity contribution is -0.140. The Labute approximate surface area is 186 Å². The van der Waals surface area contributed by atoms with E-state index in [9.17, 15) is 14.4 Å². The molecule has 2 amide bonds. The molecule has 0 radical (unpaired) electrons. The van der Waals surface area contributed by atoms with Gasteiger partial charge in [-0.05, 0) is 29.2 Å². The van der Waals surface area contributed by atoms with Gasteiger partial charge in [-0.15, -0.1) is 0 Å². The maximum absolute atomic E-state index is 13.3. The summed E-state index contributed by atoms with van der Waals surface area (Å²) in [6.07, 6.45) is 1.28. The molecule has 2 heterocycles. The van der Waals surface area contributed by atoms with Gasteiger partial charge in [0.05, 0.1) is 0 Å². The van der Waals surface area contributed by atoms with Crippen LogP contribution in [0.3, 0.4) is 0 Å². The van der Waals surface area contributed by atoms with Gasteiger partial charge in [-0.1, -0.05) is 61.5 Å². The highest BCUT2D eigenvalue weighted by atomic mass is 16.2. The number of H-pyrrole nitrogens is 1. The smallest absolute Gasteiger partial charge is 0.275 e. The molecule has 1 N–H and O–H groups in total. The van der Waals surface area contributed by atoms with Crippen LogP contribution in [-0.2, 0) is 11.2 Å². The second-order valence-electron chi connectivity index (χ2n) is 7.91. The van der Waals surface area contributed by atoms with E-state index in [4.69, 9.17) is 0 Å². The fourth-order valence-electron chi connectivity index (χ4n) is 4.07. The first-order chi connectivity index (χ1) is 15.6. The number of piperazine rings is 1. The van der Waals surface area contributed by atoms with Crippen molar-refractivity contribution in [2.24, 2.45) is 0 Å². The number of benzene rings is 2. The number of aromatic amines is 1. The first-order valence-electron chi connectivity index (χ1n) is 10.9. The molecule has 1 aliphatic heterocycles. The number of carbonyl (C=O) groups excluding carboxylic acids is 2. The molecule has 32 heavy (non-hydrogen) atoms. The normalized spacial score (nSPS) is 16.3. The zero-order chi connectivity index (χ0) is 22.5. The van der Waals surface area contributed by atoms with Crippen molar-refractivity contribution in [2.45, 2.75) is 25.8 Å². The Hall–Kier alpha value is -3.74. The highest BCUT2D eigenvalue weighted by Gasteiger charge is 2.37. The molecule has 1 unspecified atom stereocenters. The summed E-state index contributed by atoms with van der Waals surface area (Å²) < 4.78 is 0. The Kier molecular flexibility index (Phi) is 6.44. The fourth-order valence-corrected chi connectivity index (χ4v) is 4.07. The largest absolute Gasteiger partial charge is 0.339 e. The molecule has 0 spiro atoms. The standard InChI is InChI=1S/C25H26N4O3/c1-2-14-28-15-16-29(24(31)21-12-13-23(30)27-26-21)22(25(28)32)17-18-8-10-20(11-9-18)19-6-4-3-5-7-19/h3-13,22H,2,14-17H2,1H3,(H,27,30). The van der Waals surface area contributed by atoms with E-state index in [0.29, 0.717) is 26.1 Å². The van der Waals surface area contributed by atoms with E-state index in [1.54, 1.807) is 4.90 Å². The van der Waals surface area contributed by atoms with Gasteiger partial charge in [-0.25, -0.2) is 5.10 Å². The molecular weight excluding hydrogens is 404 g/mol. The van der Waals surface area contributed by atoms with Crippen LogP contribution in [0.5, 0.6) is 0 Å². The molecule has 1 atom stereocenters. The second kappa shape index (κ2) is 9.60. The monoisotopic (exact) mass is 430 g/mol. The van der Waals surface area contributed by atoms with Crippen LogP contribution in [0, 0.1) is 0 Å². The van der Waals surface area contributed by atoms with Gasteiger partial charge < -0.3 is 9.80 Å². The Morgan fingerprint density at radius 2 is 1.69 bits per heavy atom. The maximum Gasteiger partial charge on any atom is 0.275 e. The van der Waals surface area contributed by atoms with Gasteiger partial charge in [0.1, 0.15) is 11.7 Å². The number of nitrogens with one attached hydrogen (secondary N) is 1. The molecule has 0 aliphatic carbocycles. The molecule has 2 aromatic carbocycles. The number of carbonyl (C=O) groups is 2. The molecule has 4 rings (SSSR count). The Morgan fingerprint density at radius 1 is 0.969 bits per heavy atom. The lowest BCUT2D eigenvalue weighted by Gasteiger charge is -2.40. The zero-order valence-corrected chi connectivity index (χ0v) is 18.0. The summed E-state index contributed by atoms with van der Waals surface area (Å²) in [6.45, 7) is 3.62. The summed E-state index contributed by atoms with van der Waals surface area (Å²) in [4.78, 5) is 41.1. The molecule has 1 aliphatic rings. The Bertz CT molecular complexity index is 1120. The molecule has 1 fully saturated rings. The first kappa shape index (κ1) is 21.5. The minimum atomic E-state index is -0.612. The molecule has 0 bridgehead atoms. The van der Waals surface area contributed by atoms with Crippen LogP contribution in [-0.4, -0.2) is 57.5 Å². The Morgan fingerprint density at radius 3 is 2.34 bits per heavy atom. The molecule has 7 heteroatoms. The summed E-state index contributed by atoms with van der Waals surface area (Å²) in [6, 6.07) is 20.2. The predicted octanol–water partition coefficient (Wildman–Crippen LogP) is 2.74. The maximum atomic E-state index is 13.3. The van der Waals surface area contributed by atoms with Gasteiger partial charge in [0.2, 0.25) is 5.91 Å². The van der Waals surface area contributed by atoms with Crippen LogP contribution < -0.4 is 5.56 Å². The summed E-state index contributed by atoms with van der Waals surface area (Å²) in [5.74, 6) is -0.403. The van der Waals surface area contributed by atoms with Gasteiger partial charge >= 0.3 is 0 Å². The van der Waals surface area contributed by atoms with Gasteiger partial charge in [0.15, 0.2) is 0 Å². The molecule has 1 aromatic heterocycles. The molecule has 1 saturated heterocycles. The number of rotatable bonds is 6. The number of nitrogens with zero attached hydrogens (tertiary/aromatic N) is 3. The number of hydrogen-bond donors (Lipinski definition) is 1. The van der Waals surface area contributed by atoms with E-state index >= 15 is 0 Å². The van der Waals surface area contributed by atoms with Crippen LogP contribution in [0.1, 0.15) is 29.4 Å². The summed E-state index contributed by atoms with van der Waals surface area (Å²) in [5, 5.41) is 6.16. The van der Waals surface area contributed by atoms with Crippen LogP contribution >= 0.6 is 0 Å². The van der Waals surface area contributed by atoms with E-state index in [2.05, 4.69) is 22.3 Å². The quantitative estimate of drug-likeness (QED) is 0.652. The van der Waals surface area contributed by atoms with Crippen molar-refractivity contribution in [3.8, 4) is 11.1 Å². The topological polar surface area (TPSA) is 86.4 Å². The summed E-state index contributed by atoms with van der Waals surface area (Å²) in [7, 11) is 0. The third-order valence-corrected chi connectivity index (χ3v) is 5.73. The second-order valence-corrected chi connectivity index (χ2v) is 7.91. The van der Waals surface area contributed by atoms with Crippen LogP contribution in [0.25, 0.3) is 11.1 Å². The van der Waals surface area contributed by atoms with E-state index in [1.165, 1.54) is 12.1 Å². The van der Waals surface area contributed by atoms with Crippen molar-refractivity contribution in [1.29, 1.82) is 0 Å². The van der Waals surface area contributed by atoms with Crippen molar-refractivity contribution in [3.05, 3.63) is 88.3 Å². The van der Waals surface area contributed by atoms with Crippen molar-refractivity contribution in [3.63, 3.8) is 0 Å². The third kappa shape index (κ3) is 4.61. The van der Waals surface area contributed by atoms with Crippen molar-refractivity contribution in [2.75, 3.05) is 19.6 Å². The van der Waals surface area contributed by atoms with Gasteiger partial charge in [0.25, 0.3) is 11.5 Å². The highest BCUT2D eigenvalue weighted by molar-refractivity contribution is 5.96. The van der Waals surface area contributed by atoms with Crippen LogP contribution in [0.15, 0.2) is 71.5 Å². The van der Waals surface area contributed by atoms with E-state index < -0.39 is 6.04 Å². The van der Waals surface area contributed by atoms with E-state index in [1.807, 2.05) is 54.3 Å².